The molecular formula is C13H18ClN3. The molecular weight excluding hydrogens is 234 g/mol. The molecule has 0 unspecified atom stereocenters. The Balaban J connectivity index is 2.06. The number of aliphatic imine (C=N–C) groups is 1. The maximum Gasteiger partial charge on any atom is 0.115 e. The van der Waals surface area contributed by atoms with Gasteiger partial charge in [-0.3, -0.25) is 4.99 Å². The van der Waals surface area contributed by atoms with Crippen molar-refractivity contribution >= 4 is 17.4 Å². The zero-order chi connectivity index (χ0) is 12.1. The Morgan fingerprint density at radius 3 is 2.71 bits per heavy atom. The van der Waals surface area contributed by atoms with Crippen LogP contribution in [-0.2, 0) is 6.42 Å². The summed E-state index contributed by atoms with van der Waals surface area (Å²) >= 11 is 6.12. The maximum absolute atomic E-state index is 6.12. The van der Waals surface area contributed by atoms with Gasteiger partial charge in [0.1, 0.15) is 5.84 Å². The highest BCUT2D eigenvalue weighted by molar-refractivity contribution is 6.31. The van der Waals surface area contributed by atoms with E-state index in [1.807, 2.05) is 24.3 Å². The van der Waals surface area contributed by atoms with Crippen molar-refractivity contribution in [1.29, 1.82) is 0 Å². The van der Waals surface area contributed by atoms with Crippen LogP contribution in [0.15, 0.2) is 29.3 Å². The van der Waals surface area contributed by atoms with E-state index >= 15 is 0 Å². The molecule has 0 bridgehead atoms. The first-order valence-electron chi connectivity index (χ1n) is 6.06. The second-order valence-corrected chi connectivity index (χ2v) is 4.83. The van der Waals surface area contributed by atoms with Crippen LogP contribution in [0.3, 0.4) is 0 Å². The van der Waals surface area contributed by atoms with Crippen molar-refractivity contribution in [2.24, 2.45) is 10.8 Å². The Morgan fingerprint density at radius 1 is 1.35 bits per heavy atom. The van der Waals surface area contributed by atoms with E-state index < -0.39 is 0 Å². The fourth-order valence-corrected chi connectivity index (χ4v) is 2.41. The van der Waals surface area contributed by atoms with Crippen LogP contribution in [0.5, 0.6) is 0 Å². The molecule has 0 amide bonds. The SMILES string of the molecule is NNC(Cc1ccccc1Cl)=NC1CCCC1. The van der Waals surface area contributed by atoms with Crippen molar-refractivity contribution in [1.82, 2.24) is 5.43 Å². The predicted molar refractivity (Wildman–Crippen MR) is 72.2 cm³/mol. The molecule has 3 nitrogen and oxygen atoms in total. The fourth-order valence-electron chi connectivity index (χ4n) is 2.21. The molecule has 0 aliphatic heterocycles. The fraction of sp³-hybridized carbons (Fsp3) is 0.462. The highest BCUT2D eigenvalue weighted by atomic mass is 35.5. The first kappa shape index (κ1) is 12.4. The molecule has 1 fully saturated rings. The van der Waals surface area contributed by atoms with Crippen molar-refractivity contribution in [2.75, 3.05) is 0 Å². The molecule has 4 heteroatoms. The summed E-state index contributed by atoms with van der Waals surface area (Å²) in [6, 6.07) is 8.23. The second-order valence-electron chi connectivity index (χ2n) is 4.43. The number of nitrogens with two attached hydrogens (primary N) is 1. The van der Waals surface area contributed by atoms with E-state index in [0.717, 1.165) is 16.4 Å². The van der Waals surface area contributed by atoms with Gasteiger partial charge in [0.05, 0.1) is 6.04 Å². The summed E-state index contributed by atoms with van der Waals surface area (Å²) < 4.78 is 0. The number of halogens is 1. The lowest BCUT2D eigenvalue weighted by molar-refractivity contribution is 0.697. The number of hydrogen-bond acceptors (Lipinski definition) is 2. The van der Waals surface area contributed by atoms with E-state index in [1.54, 1.807) is 0 Å². The van der Waals surface area contributed by atoms with Crippen molar-refractivity contribution in [3.8, 4) is 0 Å². The Labute approximate surface area is 107 Å². The molecule has 1 saturated carbocycles. The van der Waals surface area contributed by atoms with Crippen LogP contribution in [0, 0.1) is 0 Å². The number of benzene rings is 1. The van der Waals surface area contributed by atoms with Crippen LogP contribution in [-0.4, -0.2) is 11.9 Å². The highest BCUT2D eigenvalue weighted by Crippen LogP contribution is 2.21. The lowest BCUT2D eigenvalue weighted by Gasteiger charge is -2.10. The molecule has 3 N–H and O–H groups in total. The summed E-state index contributed by atoms with van der Waals surface area (Å²) in [5.41, 5.74) is 3.76. The first-order valence-corrected chi connectivity index (χ1v) is 6.44. The third-order valence-corrected chi connectivity index (χ3v) is 3.51. The van der Waals surface area contributed by atoms with Gasteiger partial charge in [-0.05, 0) is 24.5 Å². The molecule has 0 atom stereocenters. The first-order chi connectivity index (χ1) is 8.29. The molecule has 0 aromatic heterocycles. The minimum atomic E-state index is 0.434. The van der Waals surface area contributed by atoms with Crippen LogP contribution in [0.25, 0.3) is 0 Å². The molecule has 17 heavy (non-hydrogen) atoms. The van der Waals surface area contributed by atoms with Gasteiger partial charge in [0, 0.05) is 11.4 Å². The number of hydrazine groups is 1. The molecule has 0 radical (unpaired) electrons. The number of nitrogens with one attached hydrogen (secondary N) is 1. The van der Waals surface area contributed by atoms with E-state index in [0.29, 0.717) is 12.5 Å². The van der Waals surface area contributed by atoms with Gasteiger partial charge in [-0.2, -0.15) is 0 Å². The smallest absolute Gasteiger partial charge is 0.115 e. The molecule has 0 heterocycles. The Bertz CT molecular complexity index is 397. The third kappa shape index (κ3) is 3.45. The minimum absolute atomic E-state index is 0.434. The highest BCUT2D eigenvalue weighted by Gasteiger charge is 2.14. The number of hydrogen-bond donors (Lipinski definition) is 2. The minimum Gasteiger partial charge on any atom is -0.312 e. The van der Waals surface area contributed by atoms with Crippen LogP contribution >= 0.6 is 11.6 Å². The van der Waals surface area contributed by atoms with Crippen molar-refractivity contribution < 1.29 is 0 Å². The van der Waals surface area contributed by atoms with Gasteiger partial charge >= 0.3 is 0 Å². The monoisotopic (exact) mass is 251 g/mol. The van der Waals surface area contributed by atoms with Gasteiger partial charge in [-0.25, -0.2) is 5.84 Å². The lowest BCUT2D eigenvalue weighted by atomic mass is 10.1. The standard InChI is InChI=1S/C13H18ClN3/c14-12-8-4-1-5-10(12)9-13(17-15)16-11-6-2-3-7-11/h1,4-5,8,11H,2-3,6-7,9,15H2,(H,16,17). The van der Waals surface area contributed by atoms with Gasteiger partial charge in [0.2, 0.25) is 0 Å². The second kappa shape index (κ2) is 6.03. The molecule has 92 valence electrons. The lowest BCUT2D eigenvalue weighted by Crippen LogP contribution is -2.33. The van der Waals surface area contributed by atoms with E-state index in [4.69, 9.17) is 17.4 Å². The zero-order valence-electron chi connectivity index (χ0n) is 9.82. The predicted octanol–water partition coefficient (Wildman–Crippen LogP) is 2.69. The van der Waals surface area contributed by atoms with Gasteiger partial charge in [0.15, 0.2) is 0 Å². The van der Waals surface area contributed by atoms with Crippen molar-refractivity contribution in [2.45, 2.75) is 38.1 Å². The number of nitrogens with zero attached hydrogens (tertiary/aromatic N) is 1. The summed E-state index contributed by atoms with van der Waals surface area (Å²) in [7, 11) is 0. The molecule has 0 saturated heterocycles. The van der Waals surface area contributed by atoms with Gasteiger partial charge in [0.25, 0.3) is 0 Å². The van der Waals surface area contributed by atoms with Gasteiger partial charge < -0.3 is 5.43 Å². The Hall–Kier alpha value is -1.06. The summed E-state index contributed by atoms with van der Waals surface area (Å²) in [6.07, 6.45) is 5.57. The third-order valence-electron chi connectivity index (χ3n) is 3.15. The summed E-state index contributed by atoms with van der Waals surface area (Å²) in [5, 5.41) is 0.766. The Morgan fingerprint density at radius 2 is 2.06 bits per heavy atom. The molecule has 1 aromatic rings. The van der Waals surface area contributed by atoms with E-state index in [1.165, 1.54) is 25.7 Å². The van der Waals surface area contributed by atoms with Crippen molar-refractivity contribution in [3.63, 3.8) is 0 Å². The van der Waals surface area contributed by atoms with Crippen LogP contribution < -0.4 is 11.3 Å². The summed E-state index contributed by atoms with van der Waals surface area (Å²) in [6.45, 7) is 0. The quantitative estimate of drug-likeness (QED) is 0.376. The van der Waals surface area contributed by atoms with E-state index in [-0.39, 0.29) is 0 Å². The number of rotatable bonds is 3. The van der Waals surface area contributed by atoms with Crippen LogP contribution in [0.1, 0.15) is 31.2 Å². The molecule has 2 rings (SSSR count). The average molecular weight is 252 g/mol. The van der Waals surface area contributed by atoms with Gasteiger partial charge in [-0.1, -0.05) is 42.6 Å². The summed E-state index contributed by atoms with van der Waals surface area (Å²) in [5.74, 6) is 6.35. The maximum atomic E-state index is 6.12. The van der Waals surface area contributed by atoms with Gasteiger partial charge in [-0.15, -0.1) is 0 Å². The van der Waals surface area contributed by atoms with E-state index in [2.05, 4.69) is 10.4 Å². The topological polar surface area (TPSA) is 50.4 Å². The van der Waals surface area contributed by atoms with E-state index in [9.17, 15) is 0 Å². The van der Waals surface area contributed by atoms with Crippen LogP contribution in [0.4, 0.5) is 0 Å². The van der Waals surface area contributed by atoms with Crippen molar-refractivity contribution in [3.05, 3.63) is 34.9 Å². The molecule has 1 aliphatic rings. The zero-order valence-corrected chi connectivity index (χ0v) is 10.6. The van der Waals surface area contributed by atoms with Crippen LogP contribution in [0.2, 0.25) is 5.02 Å². The number of amidine groups is 1. The molecule has 1 aliphatic carbocycles. The summed E-state index contributed by atoms with van der Waals surface area (Å²) in [4.78, 5) is 4.65. The molecule has 0 spiro atoms. The normalized spacial score (nSPS) is 17.4. The largest absolute Gasteiger partial charge is 0.312 e. The average Bonchev–Trinajstić information content (AvgIpc) is 2.84. The Kier molecular flexibility index (Phi) is 4.40. The molecule has 1 aromatic carbocycles.